The van der Waals surface area contributed by atoms with E-state index < -0.39 is 30.6 Å². The Kier molecular flexibility index (Phi) is 7.95. The first-order valence-corrected chi connectivity index (χ1v) is 11.9. The molecule has 168 valence electrons. The number of aliphatic carboxylic acids is 1. The maximum Gasteiger partial charge on any atom is 0.328 e. The Morgan fingerprint density at radius 2 is 1.24 bits per heavy atom. The van der Waals surface area contributed by atoms with E-state index in [4.69, 9.17) is 5.11 Å². The number of carboxylic acids is 1. The number of hydrogen-bond acceptors (Lipinski definition) is 4. The second kappa shape index (κ2) is 11.1. The maximum atomic E-state index is 14.8. The molecule has 0 aromatic heterocycles. The van der Waals surface area contributed by atoms with Gasteiger partial charge in [-0.1, -0.05) is 91.0 Å². The van der Waals surface area contributed by atoms with Crippen molar-refractivity contribution in [3.63, 3.8) is 0 Å². The number of hydrazine groups is 1. The summed E-state index contributed by atoms with van der Waals surface area (Å²) >= 11 is 0. The van der Waals surface area contributed by atoms with Gasteiger partial charge in [-0.25, -0.2) is 4.79 Å². The molecule has 0 spiro atoms. The van der Waals surface area contributed by atoms with E-state index in [0.29, 0.717) is 16.7 Å². The predicted molar refractivity (Wildman–Crippen MR) is 127 cm³/mol. The van der Waals surface area contributed by atoms with Gasteiger partial charge in [-0.15, -0.1) is 0 Å². The van der Waals surface area contributed by atoms with Gasteiger partial charge in [0.2, 0.25) is 5.91 Å². The number of benzene rings is 3. The molecule has 0 aliphatic rings. The number of carbonyl (C=O) groups excluding carboxylic acids is 2. The van der Waals surface area contributed by atoms with E-state index in [9.17, 15) is 18.9 Å². The second-order valence-corrected chi connectivity index (χ2v) is 10.2. The molecule has 8 heteroatoms. The van der Waals surface area contributed by atoms with Crippen molar-refractivity contribution in [3.8, 4) is 0 Å². The molecule has 3 rings (SSSR count). The van der Waals surface area contributed by atoms with Crippen LogP contribution >= 0.6 is 7.14 Å². The lowest BCUT2D eigenvalue weighted by atomic mass is 10.1. The molecule has 33 heavy (non-hydrogen) atoms. The van der Waals surface area contributed by atoms with Crippen molar-refractivity contribution >= 4 is 35.5 Å². The lowest BCUT2D eigenvalue weighted by Gasteiger charge is -2.28. The van der Waals surface area contributed by atoms with E-state index in [1.165, 1.54) is 0 Å². The molecular formula is C25H23N2O5P. The minimum absolute atomic E-state index is 0.161. The largest absolute Gasteiger partial charge is 0.478 e. The van der Waals surface area contributed by atoms with Crippen molar-refractivity contribution in [2.24, 2.45) is 0 Å². The molecule has 0 fully saturated rings. The molecule has 0 bridgehead atoms. The molecule has 7 nitrogen and oxygen atoms in total. The zero-order valence-corrected chi connectivity index (χ0v) is 18.5. The zero-order chi connectivity index (χ0) is 23.7. The third kappa shape index (κ3) is 6.05. The van der Waals surface area contributed by atoms with Gasteiger partial charge in [0.15, 0.2) is 7.14 Å². The van der Waals surface area contributed by atoms with Gasteiger partial charge in [0.05, 0.1) is 0 Å². The average Bonchev–Trinajstić information content (AvgIpc) is 2.85. The van der Waals surface area contributed by atoms with Crippen molar-refractivity contribution in [2.75, 3.05) is 0 Å². The summed E-state index contributed by atoms with van der Waals surface area (Å²) in [7, 11) is -3.52. The summed E-state index contributed by atoms with van der Waals surface area (Å²) in [6.45, 7) is 0. The molecule has 1 unspecified atom stereocenters. The van der Waals surface area contributed by atoms with Gasteiger partial charge >= 0.3 is 5.97 Å². The molecule has 0 aliphatic heterocycles. The number of amides is 2. The summed E-state index contributed by atoms with van der Waals surface area (Å²) in [5, 5.41) is 9.70. The monoisotopic (exact) mass is 462 g/mol. The van der Waals surface area contributed by atoms with Crippen molar-refractivity contribution < 1.29 is 24.1 Å². The third-order valence-corrected chi connectivity index (χ3v) is 8.40. The highest BCUT2D eigenvalue weighted by molar-refractivity contribution is 7.80. The molecular weight excluding hydrogens is 439 g/mol. The topological polar surface area (TPSA) is 113 Å². The number of hydrogen-bond donors (Lipinski definition) is 3. The van der Waals surface area contributed by atoms with Crippen LogP contribution in [-0.2, 0) is 25.4 Å². The number of nitrogens with one attached hydrogen (secondary N) is 2. The van der Waals surface area contributed by atoms with Gasteiger partial charge < -0.3 is 9.67 Å². The maximum absolute atomic E-state index is 14.8. The fourth-order valence-electron chi connectivity index (χ4n) is 3.43. The summed E-state index contributed by atoms with van der Waals surface area (Å²) < 4.78 is 14.8. The first kappa shape index (κ1) is 23.7. The van der Waals surface area contributed by atoms with E-state index in [2.05, 4.69) is 10.9 Å². The van der Waals surface area contributed by atoms with Crippen LogP contribution in [0.25, 0.3) is 0 Å². The molecule has 3 N–H and O–H groups in total. The Bertz CT molecular complexity index is 1140. The lowest BCUT2D eigenvalue weighted by Crippen LogP contribution is -2.48. The van der Waals surface area contributed by atoms with Crippen LogP contribution in [0.3, 0.4) is 0 Å². The number of carboxylic acid groups (broad SMARTS) is 1. The van der Waals surface area contributed by atoms with E-state index in [1.807, 2.05) is 30.3 Å². The highest BCUT2D eigenvalue weighted by Gasteiger charge is 2.41. The summed E-state index contributed by atoms with van der Waals surface area (Å²) in [4.78, 5) is 35.8. The summed E-state index contributed by atoms with van der Waals surface area (Å²) in [6.07, 6.45) is 1.60. The molecule has 0 heterocycles. The highest BCUT2D eigenvalue weighted by atomic mass is 31.2. The quantitative estimate of drug-likeness (QED) is 0.270. The van der Waals surface area contributed by atoms with Gasteiger partial charge in [-0.3, -0.25) is 20.4 Å². The Balaban J connectivity index is 2.02. The number of carbonyl (C=O) groups is 3. The van der Waals surface area contributed by atoms with Gasteiger partial charge in [0, 0.05) is 22.8 Å². The van der Waals surface area contributed by atoms with Crippen LogP contribution in [0.5, 0.6) is 0 Å². The highest BCUT2D eigenvalue weighted by Crippen LogP contribution is 2.49. The van der Waals surface area contributed by atoms with Crippen molar-refractivity contribution in [1.82, 2.24) is 10.9 Å². The first-order chi connectivity index (χ1) is 15.9. The van der Waals surface area contributed by atoms with E-state index >= 15 is 0 Å². The van der Waals surface area contributed by atoms with Crippen molar-refractivity contribution in [1.29, 1.82) is 0 Å². The minimum atomic E-state index is -3.52. The zero-order valence-electron chi connectivity index (χ0n) is 17.6. The molecule has 2 amide bonds. The molecule has 1 atom stereocenters. The standard InChI is InChI=1S/C25H23N2O5P/c28-23(16-17-24(29)30)26-27-25(31)22(18-19-10-4-1-5-11-19)33(32,20-12-6-2-7-13-20)21-14-8-3-9-15-21/h1-17,22H,18H2,(H,26,28)(H,27,31)(H,29,30). The van der Waals surface area contributed by atoms with Crippen LogP contribution in [0.15, 0.2) is 103 Å². The molecule has 3 aromatic rings. The molecule has 0 saturated carbocycles. The summed E-state index contributed by atoms with van der Waals surface area (Å²) in [5.74, 6) is -2.76. The number of rotatable bonds is 8. The van der Waals surface area contributed by atoms with Gasteiger partial charge in [0.1, 0.15) is 5.66 Å². The molecule has 0 radical (unpaired) electrons. The molecule has 0 aliphatic carbocycles. The lowest BCUT2D eigenvalue weighted by molar-refractivity contribution is -0.131. The Morgan fingerprint density at radius 3 is 1.73 bits per heavy atom. The van der Waals surface area contributed by atoms with Crippen LogP contribution in [-0.4, -0.2) is 28.5 Å². The molecule has 0 saturated heterocycles. The molecule has 3 aromatic carbocycles. The van der Waals surface area contributed by atoms with E-state index in [0.717, 1.165) is 11.6 Å². The van der Waals surface area contributed by atoms with Crippen molar-refractivity contribution in [3.05, 3.63) is 109 Å². The van der Waals surface area contributed by atoms with Crippen molar-refractivity contribution in [2.45, 2.75) is 12.1 Å². The summed E-state index contributed by atoms with van der Waals surface area (Å²) in [6, 6.07) is 26.8. The Morgan fingerprint density at radius 1 is 0.758 bits per heavy atom. The van der Waals surface area contributed by atoms with E-state index in [1.54, 1.807) is 60.7 Å². The second-order valence-electron chi connectivity index (χ2n) is 7.18. The van der Waals surface area contributed by atoms with Crippen LogP contribution in [0, 0.1) is 0 Å². The predicted octanol–water partition coefficient (Wildman–Crippen LogP) is 2.40. The normalized spacial score (nSPS) is 12.1. The SMILES string of the molecule is O=C(O)C=CC(=O)NNC(=O)C(Cc1ccccc1)P(=O)(c1ccccc1)c1ccccc1. The van der Waals surface area contributed by atoms with Crippen LogP contribution in [0.1, 0.15) is 5.56 Å². The van der Waals surface area contributed by atoms with Crippen LogP contribution < -0.4 is 21.5 Å². The van der Waals surface area contributed by atoms with Gasteiger partial charge in [-0.2, -0.15) is 0 Å². The fourth-order valence-corrected chi connectivity index (χ4v) is 6.54. The summed E-state index contributed by atoms with van der Waals surface area (Å²) in [5.41, 5.74) is 4.26. The minimum Gasteiger partial charge on any atom is -0.478 e. The van der Waals surface area contributed by atoms with Gasteiger partial charge in [0.25, 0.3) is 5.91 Å². The first-order valence-electron chi connectivity index (χ1n) is 10.2. The average molecular weight is 462 g/mol. The van der Waals surface area contributed by atoms with Crippen LogP contribution in [0.2, 0.25) is 0 Å². The Hall–Kier alpha value is -3.96. The van der Waals surface area contributed by atoms with E-state index in [-0.39, 0.29) is 6.42 Å². The van der Waals surface area contributed by atoms with Gasteiger partial charge in [-0.05, 0) is 12.0 Å². The third-order valence-electron chi connectivity index (χ3n) is 4.98. The smallest absolute Gasteiger partial charge is 0.328 e. The van der Waals surface area contributed by atoms with Crippen LogP contribution in [0.4, 0.5) is 0 Å². The fraction of sp³-hybridized carbons (Fsp3) is 0.0800. The Labute approximate surface area is 191 Å².